The van der Waals surface area contributed by atoms with Crippen LogP contribution in [0.4, 0.5) is 10.5 Å². The summed E-state index contributed by atoms with van der Waals surface area (Å²) in [6.45, 7) is 16.7. The molecule has 7 nitrogen and oxygen atoms in total. The number of aryl methyl sites for hydroxylation is 2. The van der Waals surface area contributed by atoms with Crippen molar-refractivity contribution in [1.82, 2.24) is 10.2 Å². The number of rotatable bonds is 8. The number of hydrogen-bond acceptors (Lipinski definition) is 4. The predicted molar refractivity (Wildman–Crippen MR) is 161 cm³/mol. The van der Waals surface area contributed by atoms with Crippen LogP contribution in [0.15, 0.2) is 60.7 Å². The Hall–Kier alpha value is -3.87. The quantitative estimate of drug-likeness (QED) is 0.322. The summed E-state index contributed by atoms with van der Waals surface area (Å²) in [7, 11) is 0. The molecule has 0 saturated carbocycles. The Balaban J connectivity index is 2.06. The van der Waals surface area contributed by atoms with Crippen LogP contribution in [0.1, 0.15) is 71.2 Å². The summed E-state index contributed by atoms with van der Waals surface area (Å²) in [5.41, 5.74) is 2.53. The minimum absolute atomic E-state index is 0.246. The Morgan fingerprint density at radius 2 is 1.50 bits per heavy atom. The lowest BCUT2D eigenvalue weighted by Crippen LogP contribution is -2.56. The van der Waals surface area contributed by atoms with E-state index in [1.54, 1.807) is 25.7 Å². The number of amides is 3. The molecule has 0 spiro atoms. The maximum Gasteiger partial charge on any atom is 0.408 e. The summed E-state index contributed by atoms with van der Waals surface area (Å²) in [6, 6.07) is 17.4. The third-order valence-electron chi connectivity index (χ3n) is 6.69. The van der Waals surface area contributed by atoms with Gasteiger partial charge in [-0.25, -0.2) is 4.79 Å². The van der Waals surface area contributed by atoms with Gasteiger partial charge in [-0.05, 0) is 88.4 Å². The van der Waals surface area contributed by atoms with E-state index >= 15 is 0 Å². The van der Waals surface area contributed by atoms with E-state index in [2.05, 4.69) is 10.6 Å². The second kappa shape index (κ2) is 12.5. The SMILES string of the molecule is Cc1ccc(C)c(C(C(=O)Nc2ccc3ccccc3c2)N(C(=O)C(NC(=O)OC(C)(C)C)C(C)C)C(C)C)c1. The van der Waals surface area contributed by atoms with Crippen LogP contribution in [0, 0.1) is 19.8 Å². The van der Waals surface area contributed by atoms with Crippen molar-refractivity contribution in [2.45, 2.75) is 86.0 Å². The number of ether oxygens (including phenoxy) is 1. The Labute approximate surface area is 238 Å². The lowest BCUT2D eigenvalue weighted by atomic mass is 9.93. The van der Waals surface area contributed by atoms with Crippen LogP contribution in [-0.4, -0.2) is 40.5 Å². The van der Waals surface area contributed by atoms with Gasteiger partial charge in [0.15, 0.2) is 0 Å². The van der Waals surface area contributed by atoms with Gasteiger partial charge >= 0.3 is 6.09 Å². The molecule has 0 aromatic heterocycles. The van der Waals surface area contributed by atoms with Crippen molar-refractivity contribution in [3.8, 4) is 0 Å². The third kappa shape index (κ3) is 7.62. The first-order valence-corrected chi connectivity index (χ1v) is 13.9. The van der Waals surface area contributed by atoms with Gasteiger partial charge in [0, 0.05) is 11.7 Å². The number of carbonyl (C=O) groups excluding carboxylic acids is 3. The van der Waals surface area contributed by atoms with E-state index in [4.69, 9.17) is 4.74 Å². The van der Waals surface area contributed by atoms with E-state index in [-0.39, 0.29) is 23.8 Å². The standard InChI is InChI=1S/C33H43N3O4/c1-20(2)28(35-32(39)40-33(7,8)9)31(38)36(21(3)4)29(27-18-22(5)14-15-23(27)6)30(37)34-26-17-16-24-12-10-11-13-25(24)19-26/h10-21,28-29H,1-9H3,(H,34,37)(H,35,39). The first-order valence-electron chi connectivity index (χ1n) is 13.9. The number of hydrogen-bond donors (Lipinski definition) is 2. The molecule has 2 unspecified atom stereocenters. The zero-order valence-corrected chi connectivity index (χ0v) is 25.2. The number of benzene rings is 3. The van der Waals surface area contributed by atoms with Crippen molar-refractivity contribution in [2.75, 3.05) is 5.32 Å². The van der Waals surface area contributed by atoms with E-state index in [1.807, 2.05) is 102 Å². The molecule has 0 heterocycles. The average molecular weight is 546 g/mol. The second-order valence-electron chi connectivity index (χ2n) is 12.0. The van der Waals surface area contributed by atoms with E-state index in [0.29, 0.717) is 5.69 Å². The van der Waals surface area contributed by atoms with Gasteiger partial charge in [-0.3, -0.25) is 9.59 Å². The van der Waals surface area contributed by atoms with E-state index in [1.165, 1.54) is 0 Å². The van der Waals surface area contributed by atoms with Gasteiger partial charge in [-0.15, -0.1) is 0 Å². The lowest BCUT2D eigenvalue weighted by molar-refractivity contribution is -0.143. The minimum Gasteiger partial charge on any atom is -0.444 e. The summed E-state index contributed by atoms with van der Waals surface area (Å²) < 4.78 is 5.45. The predicted octanol–water partition coefficient (Wildman–Crippen LogP) is 6.92. The van der Waals surface area contributed by atoms with E-state index in [9.17, 15) is 14.4 Å². The zero-order chi connectivity index (χ0) is 29.8. The zero-order valence-electron chi connectivity index (χ0n) is 25.2. The fourth-order valence-electron chi connectivity index (χ4n) is 4.74. The molecule has 214 valence electrons. The second-order valence-corrected chi connectivity index (χ2v) is 12.0. The summed E-state index contributed by atoms with van der Waals surface area (Å²) in [5, 5.41) is 7.90. The molecule has 0 bridgehead atoms. The van der Waals surface area contributed by atoms with Crippen molar-refractivity contribution < 1.29 is 19.1 Å². The van der Waals surface area contributed by atoms with Gasteiger partial charge in [-0.1, -0.05) is 67.9 Å². The highest BCUT2D eigenvalue weighted by molar-refractivity contribution is 6.00. The molecular weight excluding hydrogens is 502 g/mol. The van der Waals surface area contributed by atoms with Gasteiger partial charge < -0.3 is 20.3 Å². The summed E-state index contributed by atoms with van der Waals surface area (Å²) in [4.78, 5) is 42.7. The van der Waals surface area contributed by atoms with Crippen LogP contribution < -0.4 is 10.6 Å². The molecule has 2 N–H and O–H groups in total. The molecule has 0 aliphatic carbocycles. The molecule has 3 aromatic carbocycles. The maximum atomic E-state index is 14.2. The molecular formula is C33H43N3O4. The number of nitrogens with one attached hydrogen (secondary N) is 2. The molecule has 3 amide bonds. The van der Waals surface area contributed by atoms with E-state index in [0.717, 1.165) is 27.5 Å². The van der Waals surface area contributed by atoms with Gasteiger partial charge in [0.1, 0.15) is 17.7 Å². The topological polar surface area (TPSA) is 87.7 Å². The Bertz CT molecular complexity index is 1370. The highest BCUT2D eigenvalue weighted by Crippen LogP contribution is 2.31. The van der Waals surface area contributed by atoms with Crippen molar-refractivity contribution in [2.24, 2.45) is 5.92 Å². The minimum atomic E-state index is -0.930. The molecule has 3 aromatic rings. The molecule has 0 aliphatic rings. The van der Waals surface area contributed by atoms with Crippen molar-refractivity contribution in [1.29, 1.82) is 0 Å². The number of fused-ring (bicyclic) bond motifs is 1. The van der Waals surface area contributed by atoms with Crippen molar-refractivity contribution in [3.05, 3.63) is 77.4 Å². The van der Waals surface area contributed by atoms with Crippen molar-refractivity contribution in [3.63, 3.8) is 0 Å². The summed E-state index contributed by atoms with van der Waals surface area (Å²) >= 11 is 0. The molecule has 40 heavy (non-hydrogen) atoms. The number of alkyl carbamates (subject to hydrolysis) is 1. The number of carbonyl (C=O) groups is 3. The van der Waals surface area contributed by atoms with Crippen LogP contribution in [-0.2, 0) is 14.3 Å². The highest BCUT2D eigenvalue weighted by Gasteiger charge is 2.39. The molecule has 0 fully saturated rings. The smallest absolute Gasteiger partial charge is 0.408 e. The summed E-state index contributed by atoms with van der Waals surface area (Å²) in [6.07, 6.45) is -0.674. The Kier molecular flexibility index (Phi) is 9.61. The fraction of sp³-hybridized carbons (Fsp3) is 0.424. The first-order chi connectivity index (χ1) is 18.7. The molecule has 0 saturated heterocycles. The maximum absolute atomic E-state index is 14.2. The Morgan fingerprint density at radius 3 is 2.10 bits per heavy atom. The van der Waals surface area contributed by atoms with Gasteiger partial charge in [0.2, 0.25) is 5.91 Å². The molecule has 7 heteroatoms. The average Bonchev–Trinajstić information content (AvgIpc) is 2.85. The lowest BCUT2D eigenvalue weighted by Gasteiger charge is -2.38. The van der Waals surface area contributed by atoms with Crippen LogP contribution in [0.2, 0.25) is 0 Å². The number of anilines is 1. The van der Waals surface area contributed by atoms with Crippen LogP contribution in [0.3, 0.4) is 0 Å². The van der Waals surface area contributed by atoms with Gasteiger partial charge in [0.25, 0.3) is 5.91 Å². The van der Waals surface area contributed by atoms with Crippen LogP contribution in [0.5, 0.6) is 0 Å². The monoisotopic (exact) mass is 545 g/mol. The molecule has 0 radical (unpaired) electrons. The third-order valence-corrected chi connectivity index (χ3v) is 6.69. The fourth-order valence-corrected chi connectivity index (χ4v) is 4.74. The Morgan fingerprint density at radius 1 is 0.850 bits per heavy atom. The molecule has 0 aliphatic heterocycles. The van der Waals surface area contributed by atoms with Crippen molar-refractivity contribution >= 4 is 34.4 Å². The number of nitrogens with zero attached hydrogens (tertiary/aromatic N) is 1. The van der Waals surface area contributed by atoms with Gasteiger partial charge in [-0.2, -0.15) is 0 Å². The van der Waals surface area contributed by atoms with Crippen LogP contribution >= 0.6 is 0 Å². The molecule has 3 rings (SSSR count). The molecule has 2 atom stereocenters. The van der Waals surface area contributed by atoms with Crippen LogP contribution in [0.25, 0.3) is 10.8 Å². The largest absolute Gasteiger partial charge is 0.444 e. The van der Waals surface area contributed by atoms with Gasteiger partial charge in [0.05, 0.1) is 0 Å². The normalized spacial score (nSPS) is 13.2. The van der Waals surface area contributed by atoms with E-state index < -0.39 is 23.8 Å². The highest BCUT2D eigenvalue weighted by atomic mass is 16.6. The summed E-state index contributed by atoms with van der Waals surface area (Å²) in [5.74, 6) is -0.926. The first kappa shape index (κ1) is 30.7.